The van der Waals surface area contributed by atoms with E-state index in [9.17, 15) is 4.79 Å². The zero-order valence-electron chi connectivity index (χ0n) is 9.54. The van der Waals surface area contributed by atoms with Gasteiger partial charge >= 0.3 is 5.97 Å². The fraction of sp³-hybridized carbons (Fsp3) is 0.250. The lowest BCUT2D eigenvalue weighted by molar-refractivity contribution is -0.142. The molecular weight excluding hydrogens is 236 g/mol. The Morgan fingerprint density at radius 2 is 2.06 bits per heavy atom. The molecule has 1 N–H and O–H groups in total. The Morgan fingerprint density at radius 1 is 1.29 bits per heavy atom. The van der Waals surface area contributed by atoms with Gasteiger partial charge in [0.2, 0.25) is 0 Å². The van der Waals surface area contributed by atoms with Crippen LogP contribution in [0.1, 0.15) is 19.5 Å². The first-order chi connectivity index (χ1) is 8.01. The van der Waals surface area contributed by atoms with Crippen LogP contribution >= 0.6 is 11.3 Å². The molecule has 0 unspecified atom stereocenters. The first kappa shape index (κ1) is 11.7. The summed E-state index contributed by atoms with van der Waals surface area (Å²) in [6.45, 7) is 3.23. The molecule has 2 rings (SSSR count). The van der Waals surface area contributed by atoms with E-state index in [4.69, 9.17) is 5.11 Å². The monoisotopic (exact) mass is 248 g/mol. The minimum Gasteiger partial charge on any atom is -0.481 e. The van der Waals surface area contributed by atoms with E-state index in [0.717, 1.165) is 10.6 Å². The molecular formula is C12H12N2O2S. The van der Waals surface area contributed by atoms with Crippen LogP contribution in [0.5, 0.6) is 0 Å². The van der Waals surface area contributed by atoms with Crippen LogP contribution in [-0.4, -0.2) is 21.3 Å². The van der Waals surface area contributed by atoms with E-state index in [1.807, 2.05) is 17.5 Å². The summed E-state index contributed by atoms with van der Waals surface area (Å²) in [4.78, 5) is 12.1. The normalized spacial score (nSPS) is 11.4. The Hall–Kier alpha value is -1.75. The van der Waals surface area contributed by atoms with Crippen LogP contribution in [-0.2, 0) is 10.2 Å². The maximum atomic E-state index is 11.1. The summed E-state index contributed by atoms with van der Waals surface area (Å²) in [5.41, 5.74) is 0.219. The molecule has 0 amide bonds. The summed E-state index contributed by atoms with van der Waals surface area (Å²) in [7, 11) is 0. The fourth-order valence-corrected chi connectivity index (χ4v) is 2.02. The maximum Gasteiger partial charge on any atom is 0.315 e. The van der Waals surface area contributed by atoms with Gasteiger partial charge in [0.05, 0.1) is 10.6 Å². The molecule has 2 aromatic heterocycles. The van der Waals surface area contributed by atoms with Gasteiger partial charge in [-0.25, -0.2) is 0 Å². The second-order valence-corrected chi connectivity index (χ2v) is 5.16. The van der Waals surface area contributed by atoms with Crippen molar-refractivity contribution < 1.29 is 9.90 Å². The third kappa shape index (κ3) is 2.19. The van der Waals surface area contributed by atoms with Crippen molar-refractivity contribution in [2.45, 2.75) is 19.3 Å². The number of carboxylic acid groups (broad SMARTS) is 1. The van der Waals surface area contributed by atoms with Crippen LogP contribution in [0.15, 0.2) is 29.6 Å². The Kier molecular flexibility index (Phi) is 2.93. The average Bonchev–Trinajstić information content (AvgIpc) is 2.82. The average molecular weight is 248 g/mol. The quantitative estimate of drug-likeness (QED) is 0.906. The molecule has 0 aromatic carbocycles. The molecule has 0 aliphatic heterocycles. The van der Waals surface area contributed by atoms with Gasteiger partial charge < -0.3 is 5.11 Å². The molecule has 2 aromatic rings. The molecule has 17 heavy (non-hydrogen) atoms. The molecule has 0 radical (unpaired) electrons. The first-order valence-electron chi connectivity index (χ1n) is 5.13. The van der Waals surface area contributed by atoms with Crippen molar-refractivity contribution in [1.29, 1.82) is 0 Å². The third-order valence-electron chi connectivity index (χ3n) is 2.61. The SMILES string of the molecule is CC(C)(C(=O)O)c1ccc(-c2cccs2)nn1. The lowest BCUT2D eigenvalue weighted by atomic mass is 9.89. The first-order valence-corrected chi connectivity index (χ1v) is 6.01. The standard InChI is InChI=1S/C12H12N2O2S/c1-12(2,11(15)16)10-6-5-8(13-14-10)9-4-3-7-17-9/h3-7H,1-2H3,(H,15,16). The largest absolute Gasteiger partial charge is 0.481 e. The van der Waals surface area contributed by atoms with Gasteiger partial charge in [-0.1, -0.05) is 6.07 Å². The van der Waals surface area contributed by atoms with Gasteiger partial charge in [-0.15, -0.1) is 16.4 Å². The molecule has 0 saturated heterocycles. The van der Waals surface area contributed by atoms with E-state index in [0.29, 0.717) is 5.69 Å². The third-order valence-corrected chi connectivity index (χ3v) is 3.51. The van der Waals surface area contributed by atoms with E-state index in [-0.39, 0.29) is 0 Å². The lowest BCUT2D eigenvalue weighted by Crippen LogP contribution is -2.29. The Balaban J connectivity index is 2.34. The molecule has 88 valence electrons. The van der Waals surface area contributed by atoms with E-state index < -0.39 is 11.4 Å². The van der Waals surface area contributed by atoms with Crippen molar-refractivity contribution >= 4 is 17.3 Å². The van der Waals surface area contributed by atoms with Crippen molar-refractivity contribution in [2.75, 3.05) is 0 Å². The topological polar surface area (TPSA) is 63.1 Å². The summed E-state index contributed by atoms with van der Waals surface area (Å²) in [5, 5.41) is 19.1. The number of carboxylic acids is 1. The van der Waals surface area contributed by atoms with Crippen molar-refractivity contribution in [1.82, 2.24) is 10.2 Å². The fourth-order valence-electron chi connectivity index (χ4n) is 1.33. The van der Waals surface area contributed by atoms with Gasteiger partial charge in [0.25, 0.3) is 0 Å². The number of aromatic nitrogens is 2. The maximum absolute atomic E-state index is 11.1. The highest BCUT2D eigenvalue weighted by Gasteiger charge is 2.31. The predicted molar refractivity (Wildman–Crippen MR) is 66.0 cm³/mol. The molecule has 0 aliphatic carbocycles. The number of carbonyl (C=O) groups is 1. The van der Waals surface area contributed by atoms with Gasteiger partial charge in [0.15, 0.2) is 0 Å². The summed E-state index contributed by atoms with van der Waals surface area (Å²) in [6, 6.07) is 7.42. The molecule has 0 aliphatic rings. The van der Waals surface area contributed by atoms with E-state index in [1.165, 1.54) is 0 Å². The summed E-state index contributed by atoms with van der Waals surface area (Å²) >= 11 is 1.58. The van der Waals surface area contributed by atoms with E-state index in [1.54, 1.807) is 37.3 Å². The minimum atomic E-state index is -1.01. The molecule has 0 atom stereocenters. The van der Waals surface area contributed by atoms with Gasteiger partial charge in [-0.2, -0.15) is 5.10 Å². The van der Waals surface area contributed by atoms with E-state index >= 15 is 0 Å². The highest BCUT2D eigenvalue weighted by Crippen LogP contribution is 2.25. The van der Waals surface area contributed by atoms with Crippen LogP contribution in [0.2, 0.25) is 0 Å². The van der Waals surface area contributed by atoms with Crippen LogP contribution in [0.25, 0.3) is 10.6 Å². The number of thiophene rings is 1. The van der Waals surface area contributed by atoms with E-state index in [2.05, 4.69) is 10.2 Å². The number of rotatable bonds is 3. The number of aliphatic carboxylic acids is 1. The van der Waals surface area contributed by atoms with Crippen LogP contribution < -0.4 is 0 Å². The van der Waals surface area contributed by atoms with Gasteiger partial charge in [0, 0.05) is 0 Å². The van der Waals surface area contributed by atoms with Gasteiger partial charge in [-0.3, -0.25) is 4.79 Å². The van der Waals surface area contributed by atoms with Gasteiger partial charge in [-0.05, 0) is 37.4 Å². The summed E-state index contributed by atoms with van der Waals surface area (Å²) < 4.78 is 0. The zero-order chi connectivity index (χ0) is 12.5. The number of hydrogen-bond donors (Lipinski definition) is 1. The highest BCUT2D eigenvalue weighted by atomic mass is 32.1. The predicted octanol–water partition coefficient (Wildman–Crippen LogP) is 2.57. The Labute approximate surface area is 103 Å². The number of nitrogens with zero attached hydrogens (tertiary/aromatic N) is 2. The Morgan fingerprint density at radius 3 is 2.53 bits per heavy atom. The number of hydrogen-bond acceptors (Lipinski definition) is 4. The van der Waals surface area contributed by atoms with Crippen LogP contribution in [0.4, 0.5) is 0 Å². The Bertz CT molecular complexity index is 518. The second kappa shape index (κ2) is 4.25. The molecule has 0 fully saturated rings. The molecule has 0 saturated carbocycles. The molecule has 0 spiro atoms. The molecule has 0 bridgehead atoms. The molecule has 5 heteroatoms. The van der Waals surface area contributed by atoms with Crippen molar-refractivity contribution in [3.63, 3.8) is 0 Å². The van der Waals surface area contributed by atoms with Crippen molar-refractivity contribution in [2.24, 2.45) is 0 Å². The molecule has 2 heterocycles. The van der Waals surface area contributed by atoms with Crippen LogP contribution in [0, 0.1) is 0 Å². The summed E-state index contributed by atoms with van der Waals surface area (Å²) in [5.74, 6) is -0.907. The molecule has 4 nitrogen and oxygen atoms in total. The van der Waals surface area contributed by atoms with Crippen molar-refractivity contribution in [3.05, 3.63) is 35.3 Å². The lowest BCUT2D eigenvalue weighted by Gasteiger charge is -2.17. The minimum absolute atomic E-state index is 0.463. The second-order valence-electron chi connectivity index (χ2n) is 4.21. The van der Waals surface area contributed by atoms with Crippen LogP contribution in [0.3, 0.4) is 0 Å². The zero-order valence-corrected chi connectivity index (χ0v) is 10.4. The van der Waals surface area contributed by atoms with Crippen molar-refractivity contribution in [3.8, 4) is 10.6 Å². The highest BCUT2D eigenvalue weighted by molar-refractivity contribution is 7.13. The summed E-state index contributed by atoms with van der Waals surface area (Å²) in [6.07, 6.45) is 0. The smallest absolute Gasteiger partial charge is 0.315 e. The van der Waals surface area contributed by atoms with Gasteiger partial charge in [0.1, 0.15) is 11.1 Å².